The number of halogens is 5. The SMILES string of the molecule is CCOc1cc(/C=C2/SC(=Nc3ccc(C)c(Cl)c3)N(c3ccc(C)c(Cl)c3)C2=O)cc(Br)c1OCc1ccc(Cl)cc1Cl. The van der Waals surface area contributed by atoms with E-state index >= 15 is 0 Å². The fraction of sp³-hybridized carbons (Fsp3) is 0.152. The highest BCUT2D eigenvalue weighted by molar-refractivity contribution is 9.10. The Morgan fingerprint density at radius 3 is 2.30 bits per heavy atom. The zero-order chi connectivity index (χ0) is 31.5. The normalized spacial score (nSPS) is 15.0. The third kappa shape index (κ3) is 7.41. The quantitative estimate of drug-likeness (QED) is 0.168. The van der Waals surface area contributed by atoms with Crippen LogP contribution in [0.15, 0.2) is 81.1 Å². The van der Waals surface area contributed by atoms with Crippen LogP contribution in [-0.4, -0.2) is 17.7 Å². The zero-order valence-electron chi connectivity index (χ0n) is 23.8. The number of benzene rings is 4. The van der Waals surface area contributed by atoms with Gasteiger partial charge in [-0.15, -0.1) is 0 Å². The highest BCUT2D eigenvalue weighted by atomic mass is 79.9. The minimum Gasteiger partial charge on any atom is -0.490 e. The van der Waals surface area contributed by atoms with Crippen molar-refractivity contribution in [2.75, 3.05) is 11.5 Å². The number of nitrogens with zero attached hydrogens (tertiary/aromatic N) is 2. The van der Waals surface area contributed by atoms with E-state index in [1.54, 1.807) is 35.2 Å². The van der Waals surface area contributed by atoms with E-state index in [1.807, 2.05) is 63.2 Å². The Morgan fingerprint density at radius 1 is 0.886 bits per heavy atom. The number of ether oxygens (including phenoxy) is 2. The summed E-state index contributed by atoms with van der Waals surface area (Å²) in [6.45, 7) is 6.34. The van der Waals surface area contributed by atoms with Crippen molar-refractivity contribution in [2.24, 2.45) is 4.99 Å². The minimum atomic E-state index is -0.237. The number of aryl methyl sites for hydroxylation is 2. The molecule has 44 heavy (non-hydrogen) atoms. The average Bonchev–Trinajstić information content (AvgIpc) is 3.26. The van der Waals surface area contributed by atoms with Crippen molar-refractivity contribution in [1.82, 2.24) is 0 Å². The van der Waals surface area contributed by atoms with Crippen molar-refractivity contribution in [1.29, 1.82) is 0 Å². The maximum absolute atomic E-state index is 13.9. The number of hydrogen-bond acceptors (Lipinski definition) is 5. The molecular formula is C33H25BrCl4N2O3S. The van der Waals surface area contributed by atoms with Crippen LogP contribution in [0.3, 0.4) is 0 Å². The second kappa shape index (κ2) is 14.2. The third-order valence-corrected chi connectivity index (χ3v) is 9.58. The van der Waals surface area contributed by atoms with E-state index in [1.165, 1.54) is 11.8 Å². The Labute approximate surface area is 288 Å². The van der Waals surface area contributed by atoms with Crippen LogP contribution in [0.5, 0.6) is 11.5 Å². The van der Waals surface area contributed by atoms with E-state index in [0.717, 1.165) is 22.3 Å². The fourth-order valence-corrected chi connectivity index (χ4v) is 6.66. The van der Waals surface area contributed by atoms with Crippen LogP contribution in [0.1, 0.15) is 29.2 Å². The van der Waals surface area contributed by atoms with Gasteiger partial charge in [0.1, 0.15) is 6.61 Å². The topological polar surface area (TPSA) is 51.1 Å². The van der Waals surface area contributed by atoms with Crippen LogP contribution in [0.4, 0.5) is 11.4 Å². The fourth-order valence-electron chi connectivity index (χ4n) is 4.27. The summed E-state index contributed by atoms with van der Waals surface area (Å²) in [5, 5.41) is 2.68. The number of carbonyl (C=O) groups excluding carboxylic acids is 1. The van der Waals surface area contributed by atoms with Crippen molar-refractivity contribution >= 4 is 103 Å². The number of amides is 1. The molecule has 0 unspecified atom stereocenters. The summed E-state index contributed by atoms with van der Waals surface area (Å²) in [4.78, 5) is 20.7. The van der Waals surface area contributed by atoms with Crippen LogP contribution < -0.4 is 14.4 Å². The molecule has 5 rings (SSSR count). The van der Waals surface area contributed by atoms with Crippen LogP contribution >= 0.6 is 74.1 Å². The molecule has 11 heteroatoms. The molecule has 0 N–H and O–H groups in total. The Bertz CT molecular complexity index is 1830. The van der Waals surface area contributed by atoms with Gasteiger partial charge in [-0.2, -0.15) is 0 Å². The molecule has 0 atom stereocenters. The van der Waals surface area contributed by atoms with E-state index in [4.69, 9.17) is 60.9 Å². The van der Waals surface area contributed by atoms with Crippen LogP contribution in [-0.2, 0) is 11.4 Å². The lowest BCUT2D eigenvalue weighted by Gasteiger charge is -2.17. The van der Waals surface area contributed by atoms with Gasteiger partial charge in [-0.3, -0.25) is 9.69 Å². The molecule has 1 saturated heterocycles. The molecular weight excluding hydrogens is 726 g/mol. The van der Waals surface area contributed by atoms with E-state index in [-0.39, 0.29) is 12.5 Å². The summed E-state index contributed by atoms with van der Waals surface area (Å²) >= 11 is 30.1. The number of carbonyl (C=O) groups is 1. The molecule has 0 bridgehead atoms. The second-order valence-corrected chi connectivity index (χ2v) is 13.3. The molecule has 4 aromatic rings. The van der Waals surface area contributed by atoms with E-state index in [2.05, 4.69) is 15.9 Å². The molecule has 0 radical (unpaired) electrons. The summed E-state index contributed by atoms with van der Waals surface area (Å²) < 4.78 is 12.7. The van der Waals surface area contributed by atoms with Crippen LogP contribution in [0, 0.1) is 13.8 Å². The van der Waals surface area contributed by atoms with Gasteiger partial charge in [0, 0.05) is 25.7 Å². The number of thioether (sulfide) groups is 1. The zero-order valence-corrected chi connectivity index (χ0v) is 29.2. The standard InChI is InChI=1S/C33H25BrCl4N2O3S/c1-4-42-29-12-20(11-25(34)31(29)43-17-21-7-8-22(35)14-28(21)38)13-30-32(41)40(24-10-6-19(3)27(37)16-24)33(44-30)39-23-9-5-18(2)26(36)15-23/h5-16H,4,17H2,1-3H3/b30-13+,39-33?. The number of aliphatic imine (C=N–C) groups is 1. The van der Waals surface area contributed by atoms with Crippen molar-refractivity contribution in [3.8, 4) is 11.5 Å². The van der Waals surface area contributed by atoms with Crippen LogP contribution in [0.2, 0.25) is 20.1 Å². The lowest BCUT2D eigenvalue weighted by atomic mass is 10.1. The van der Waals surface area contributed by atoms with E-state index in [0.29, 0.717) is 64.1 Å². The molecule has 5 nitrogen and oxygen atoms in total. The van der Waals surface area contributed by atoms with Gasteiger partial charge in [0.25, 0.3) is 5.91 Å². The average molecular weight is 751 g/mol. The molecule has 0 aliphatic carbocycles. The first-order valence-corrected chi connectivity index (χ1v) is 16.5. The smallest absolute Gasteiger partial charge is 0.271 e. The molecule has 0 aromatic heterocycles. The van der Waals surface area contributed by atoms with Crippen molar-refractivity contribution in [2.45, 2.75) is 27.4 Å². The maximum atomic E-state index is 13.9. The minimum absolute atomic E-state index is 0.209. The third-order valence-electron chi connectivity index (χ3n) is 6.62. The highest BCUT2D eigenvalue weighted by Crippen LogP contribution is 2.42. The van der Waals surface area contributed by atoms with Gasteiger partial charge >= 0.3 is 0 Å². The number of hydrogen-bond donors (Lipinski definition) is 0. The summed E-state index contributed by atoms with van der Waals surface area (Å²) in [6.07, 6.45) is 1.80. The Balaban J connectivity index is 1.51. The Morgan fingerprint density at radius 2 is 1.61 bits per heavy atom. The molecule has 226 valence electrons. The Hall–Kier alpha value is -2.65. The van der Waals surface area contributed by atoms with Crippen molar-refractivity contribution in [3.05, 3.63) is 118 Å². The first-order chi connectivity index (χ1) is 21.0. The molecule has 1 heterocycles. The number of rotatable bonds is 8. The monoisotopic (exact) mass is 748 g/mol. The molecule has 4 aromatic carbocycles. The first kappa shape index (κ1) is 32.7. The predicted molar refractivity (Wildman–Crippen MR) is 189 cm³/mol. The van der Waals surface area contributed by atoms with Gasteiger partial charge < -0.3 is 9.47 Å². The maximum Gasteiger partial charge on any atom is 0.271 e. The van der Waals surface area contributed by atoms with Crippen molar-refractivity contribution < 1.29 is 14.3 Å². The lowest BCUT2D eigenvalue weighted by molar-refractivity contribution is -0.113. The largest absolute Gasteiger partial charge is 0.490 e. The summed E-state index contributed by atoms with van der Waals surface area (Å²) in [6, 6.07) is 20.0. The Kier molecular flexibility index (Phi) is 10.6. The van der Waals surface area contributed by atoms with Gasteiger partial charge in [0.15, 0.2) is 16.7 Å². The molecule has 1 fully saturated rings. The highest BCUT2D eigenvalue weighted by Gasteiger charge is 2.35. The number of anilines is 1. The molecule has 1 aliphatic heterocycles. The summed E-state index contributed by atoms with van der Waals surface area (Å²) in [5.41, 5.74) is 4.59. The number of amidine groups is 1. The molecule has 1 amide bonds. The first-order valence-electron chi connectivity index (χ1n) is 13.4. The van der Waals surface area contributed by atoms with Gasteiger partial charge in [-0.1, -0.05) is 64.6 Å². The van der Waals surface area contributed by atoms with Crippen molar-refractivity contribution in [3.63, 3.8) is 0 Å². The van der Waals surface area contributed by atoms with Gasteiger partial charge in [-0.05, 0) is 120 Å². The van der Waals surface area contributed by atoms with Gasteiger partial charge in [0.2, 0.25) is 0 Å². The van der Waals surface area contributed by atoms with E-state index in [9.17, 15) is 4.79 Å². The van der Waals surface area contributed by atoms with Gasteiger partial charge in [-0.25, -0.2) is 4.99 Å². The molecule has 0 saturated carbocycles. The van der Waals surface area contributed by atoms with Crippen LogP contribution in [0.25, 0.3) is 6.08 Å². The summed E-state index contributed by atoms with van der Waals surface area (Å²) in [7, 11) is 0. The molecule has 1 aliphatic rings. The van der Waals surface area contributed by atoms with Gasteiger partial charge in [0.05, 0.1) is 27.4 Å². The molecule has 0 spiro atoms. The summed E-state index contributed by atoms with van der Waals surface area (Å²) in [5.74, 6) is 0.790. The van der Waals surface area contributed by atoms with E-state index < -0.39 is 0 Å². The lowest BCUT2D eigenvalue weighted by Crippen LogP contribution is -2.28. The second-order valence-electron chi connectivity index (χ2n) is 9.80. The predicted octanol–water partition coefficient (Wildman–Crippen LogP) is 11.5.